The average molecular weight is 1490 g/mol. The first kappa shape index (κ1) is 100. The van der Waals surface area contributed by atoms with Gasteiger partial charge in [0, 0.05) is 25.7 Å². The largest absolute Gasteiger partial charge is 0.472 e. The second kappa shape index (κ2) is 74.5. The van der Waals surface area contributed by atoms with Crippen molar-refractivity contribution in [3.8, 4) is 0 Å². The molecule has 0 aliphatic carbocycles. The lowest BCUT2D eigenvalue weighted by atomic mass is 9.99. The number of unbranched alkanes of at least 4 members (excludes halogenated alkanes) is 51. The number of aliphatic hydroxyl groups is 1. The molecule has 0 aromatic heterocycles. The van der Waals surface area contributed by atoms with Crippen LogP contribution in [0, 0.1) is 11.8 Å². The van der Waals surface area contributed by atoms with Crippen LogP contribution in [0.15, 0.2) is 0 Å². The average Bonchev–Trinajstić information content (AvgIpc) is 0.919. The predicted octanol–water partition coefficient (Wildman–Crippen LogP) is 25.1. The van der Waals surface area contributed by atoms with Gasteiger partial charge in [0.25, 0.3) is 0 Å². The van der Waals surface area contributed by atoms with Crippen LogP contribution in [0.25, 0.3) is 0 Å². The summed E-state index contributed by atoms with van der Waals surface area (Å²) in [6, 6.07) is 0. The second-order valence-corrected chi connectivity index (χ2v) is 33.5. The summed E-state index contributed by atoms with van der Waals surface area (Å²) in [6.45, 7) is 9.69. The summed E-state index contributed by atoms with van der Waals surface area (Å²) in [5.41, 5.74) is 0. The van der Waals surface area contributed by atoms with Crippen molar-refractivity contribution in [2.75, 3.05) is 39.6 Å². The molecule has 0 spiro atoms. The zero-order chi connectivity index (χ0) is 74.9. The number of aliphatic hydroxyl groups excluding tert-OH is 1. The van der Waals surface area contributed by atoms with Gasteiger partial charge in [0.05, 0.1) is 26.4 Å². The first-order valence-corrected chi connectivity index (χ1v) is 46.0. The highest BCUT2D eigenvalue weighted by Crippen LogP contribution is 2.45. The number of phosphoric acid groups is 2. The van der Waals surface area contributed by atoms with E-state index in [1.54, 1.807) is 0 Å². The third-order valence-electron chi connectivity index (χ3n) is 19.8. The highest BCUT2D eigenvalue weighted by molar-refractivity contribution is 7.47. The van der Waals surface area contributed by atoms with Gasteiger partial charge >= 0.3 is 39.5 Å². The van der Waals surface area contributed by atoms with E-state index in [-0.39, 0.29) is 25.7 Å². The van der Waals surface area contributed by atoms with Crippen molar-refractivity contribution < 1.29 is 80.2 Å². The van der Waals surface area contributed by atoms with Crippen molar-refractivity contribution in [2.24, 2.45) is 11.8 Å². The van der Waals surface area contributed by atoms with E-state index in [0.29, 0.717) is 25.7 Å². The molecule has 0 aromatic rings. The molecule has 0 amide bonds. The number of carbonyl (C=O) groups excluding carboxylic acids is 4. The van der Waals surface area contributed by atoms with Gasteiger partial charge in [-0.3, -0.25) is 37.3 Å². The lowest BCUT2D eigenvalue weighted by molar-refractivity contribution is -0.161. The number of hydrogen-bond acceptors (Lipinski definition) is 15. The monoisotopic (exact) mass is 1490 g/mol. The maximum atomic E-state index is 13.1. The van der Waals surface area contributed by atoms with E-state index in [1.807, 2.05) is 0 Å². The van der Waals surface area contributed by atoms with Gasteiger partial charge in [0.15, 0.2) is 12.2 Å². The maximum Gasteiger partial charge on any atom is 0.472 e. The molecule has 0 fully saturated rings. The minimum atomic E-state index is -4.96. The number of rotatable bonds is 82. The molecule has 606 valence electrons. The smallest absolute Gasteiger partial charge is 0.462 e. The Hall–Kier alpha value is -1.94. The van der Waals surface area contributed by atoms with E-state index >= 15 is 0 Å². The molecule has 3 unspecified atom stereocenters. The van der Waals surface area contributed by atoms with Gasteiger partial charge in [-0.1, -0.05) is 388 Å². The minimum absolute atomic E-state index is 0.108. The van der Waals surface area contributed by atoms with Crippen LogP contribution in [0.1, 0.15) is 440 Å². The zero-order valence-corrected chi connectivity index (χ0v) is 68.7. The molecular formula is C83H162O17P2. The standard InChI is InChI=1S/C83H162O17P2/c1-7-10-12-14-16-18-20-22-24-25-26-29-33-36-40-47-53-59-65-80(85)93-71-78(99-83(88)68-62-56-50-42-38-34-30-27-28-31-35-39-45-51-57-63-75(4)5)73-97-101(89,90)95-69-77(84)70-96-102(91,92)98-74-79(72-94-81(86)66-60-54-48-44-43-46-52-58-64-76(6)9-3)100-82(87)67-61-55-49-41-37-32-23-21-19-17-15-13-11-8-2/h75-79,84H,7-74H2,1-6H3,(H,89,90)(H,91,92)/t76?,77-,78-,79-/m1/s1. The molecule has 0 aromatic carbocycles. The minimum Gasteiger partial charge on any atom is -0.462 e. The molecule has 0 saturated carbocycles. The highest BCUT2D eigenvalue weighted by Gasteiger charge is 2.30. The van der Waals surface area contributed by atoms with E-state index in [4.69, 9.17) is 37.0 Å². The molecular weight excluding hydrogens is 1330 g/mol. The topological polar surface area (TPSA) is 237 Å². The summed E-state index contributed by atoms with van der Waals surface area (Å²) in [5, 5.41) is 10.7. The Balaban J connectivity index is 5.26. The second-order valence-electron chi connectivity index (χ2n) is 30.6. The van der Waals surface area contributed by atoms with Crippen LogP contribution in [0.4, 0.5) is 0 Å². The fourth-order valence-corrected chi connectivity index (χ4v) is 14.4. The van der Waals surface area contributed by atoms with Crippen LogP contribution in [0.2, 0.25) is 0 Å². The van der Waals surface area contributed by atoms with Gasteiger partial charge < -0.3 is 33.8 Å². The number of phosphoric ester groups is 2. The van der Waals surface area contributed by atoms with Gasteiger partial charge in [0.2, 0.25) is 0 Å². The summed E-state index contributed by atoms with van der Waals surface area (Å²) in [5.74, 6) is -0.524. The summed E-state index contributed by atoms with van der Waals surface area (Å²) >= 11 is 0. The van der Waals surface area contributed by atoms with Crippen LogP contribution in [-0.2, 0) is 65.4 Å². The molecule has 0 radical (unpaired) electrons. The van der Waals surface area contributed by atoms with Crippen LogP contribution in [-0.4, -0.2) is 96.7 Å². The number of ether oxygens (including phenoxy) is 4. The molecule has 0 saturated heterocycles. The Bertz CT molecular complexity index is 1960. The van der Waals surface area contributed by atoms with Gasteiger partial charge in [-0.25, -0.2) is 9.13 Å². The molecule has 0 bridgehead atoms. The summed E-state index contributed by atoms with van der Waals surface area (Å²) < 4.78 is 68.8. The molecule has 3 N–H and O–H groups in total. The van der Waals surface area contributed by atoms with Crippen molar-refractivity contribution in [1.82, 2.24) is 0 Å². The van der Waals surface area contributed by atoms with Crippen LogP contribution in [0.5, 0.6) is 0 Å². The fourth-order valence-electron chi connectivity index (χ4n) is 12.9. The van der Waals surface area contributed by atoms with Crippen molar-refractivity contribution in [1.29, 1.82) is 0 Å². The predicted molar refractivity (Wildman–Crippen MR) is 418 cm³/mol. The van der Waals surface area contributed by atoms with E-state index in [2.05, 4.69) is 41.5 Å². The van der Waals surface area contributed by atoms with E-state index in [0.717, 1.165) is 102 Å². The van der Waals surface area contributed by atoms with E-state index < -0.39 is 97.5 Å². The molecule has 102 heavy (non-hydrogen) atoms. The lowest BCUT2D eigenvalue weighted by Gasteiger charge is -2.21. The van der Waals surface area contributed by atoms with Crippen LogP contribution < -0.4 is 0 Å². The Morgan fingerprint density at radius 3 is 0.745 bits per heavy atom. The van der Waals surface area contributed by atoms with Crippen molar-refractivity contribution in [2.45, 2.75) is 458 Å². The van der Waals surface area contributed by atoms with Crippen LogP contribution in [0.3, 0.4) is 0 Å². The number of hydrogen-bond donors (Lipinski definition) is 3. The molecule has 19 heteroatoms. The third-order valence-corrected chi connectivity index (χ3v) is 21.7. The summed E-state index contributed by atoms with van der Waals surface area (Å²) in [6.07, 6.45) is 65.1. The van der Waals surface area contributed by atoms with Crippen molar-refractivity contribution >= 4 is 39.5 Å². The van der Waals surface area contributed by atoms with E-state index in [1.165, 1.54) is 257 Å². The van der Waals surface area contributed by atoms with E-state index in [9.17, 15) is 43.2 Å². The fraction of sp³-hybridized carbons (Fsp3) is 0.952. The molecule has 0 heterocycles. The first-order valence-electron chi connectivity index (χ1n) is 43.0. The molecule has 0 rings (SSSR count). The Morgan fingerprint density at radius 1 is 0.284 bits per heavy atom. The first-order chi connectivity index (χ1) is 49.4. The van der Waals surface area contributed by atoms with Crippen molar-refractivity contribution in [3.05, 3.63) is 0 Å². The summed E-state index contributed by atoms with van der Waals surface area (Å²) in [4.78, 5) is 73.1. The SMILES string of the molecule is CCCCCCCCCCCCCCCCCCCCC(=O)OC[C@H](COP(=O)(O)OC[C@@H](O)COP(=O)(O)OC[C@@H](COC(=O)CCCCCCCCCCC(C)CC)OC(=O)CCCCCCCCCCCCCCCC)OC(=O)CCCCCCCCCCCCCCCCCC(C)C. The molecule has 6 atom stereocenters. The van der Waals surface area contributed by atoms with Gasteiger partial charge in [-0.15, -0.1) is 0 Å². The molecule has 17 nitrogen and oxygen atoms in total. The van der Waals surface area contributed by atoms with Gasteiger partial charge in [-0.2, -0.15) is 0 Å². The quantitative estimate of drug-likeness (QED) is 0.0222. The number of esters is 4. The van der Waals surface area contributed by atoms with Gasteiger partial charge in [-0.05, 0) is 37.5 Å². The Kier molecular flexibility index (Phi) is 73.1. The van der Waals surface area contributed by atoms with Gasteiger partial charge in [0.1, 0.15) is 19.3 Å². The summed E-state index contributed by atoms with van der Waals surface area (Å²) in [7, 11) is -9.92. The number of carbonyl (C=O) groups is 4. The van der Waals surface area contributed by atoms with Crippen LogP contribution >= 0.6 is 15.6 Å². The normalized spacial score (nSPS) is 14.1. The highest BCUT2D eigenvalue weighted by atomic mass is 31.2. The lowest BCUT2D eigenvalue weighted by Crippen LogP contribution is -2.30. The zero-order valence-electron chi connectivity index (χ0n) is 66.9. The Morgan fingerprint density at radius 2 is 0.500 bits per heavy atom. The Labute approximate surface area is 626 Å². The third kappa shape index (κ3) is 74.9. The maximum absolute atomic E-state index is 13.1. The molecule has 0 aliphatic rings. The molecule has 0 aliphatic heterocycles. The van der Waals surface area contributed by atoms with Crippen molar-refractivity contribution in [3.63, 3.8) is 0 Å².